The fourth-order valence-corrected chi connectivity index (χ4v) is 2.97. The van der Waals surface area contributed by atoms with Crippen LogP contribution in [0.15, 0.2) is 42.7 Å². The van der Waals surface area contributed by atoms with Gasteiger partial charge in [-0.3, -0.25) is 9.78 Å². The maximum atomic E-state index is 12.5. The molecule has 1 saturated heterocycles. The van der Waals surface area contributed by atoms with E-state index < -0.39 is 0 Å². The molecule has 23 heavy (non-hydrogen) atoms. The van der Waals surface area contributed by atoms with Crippen LogP contribution in [0.4, 0.5) is 0 Å². The highest BCUT2D eigenvalue weighted by Crippen LogP contribution is 2.22. The first-order valence-corrected chi connectivity index (χ1v) is 8.24. The molecule has 3 rings (SSSR count). The lowest BCUT2D eigenvalue weighted by Crippen LogP contribution is -2.48. The van der Waals surface area contributed by atoms with Crippen LogP contribution in [0.2, 0.25) is 5.02 Å². The van der Waals surface area contributed by atoms with Crippen LogP contribution in [0.1, 0.15) is 23.7 Å². The summed E-state index contributed by atoms with van der Waals surface area (Å²) >= 11 is 5.92. The fraction of sp³-hybridized carbons (Fsp3) is 0.333. The molecule has 1 aliphatic rings. The number of hydrogen-bond acceptors (Lipinski definition) is 3. The number of nitrogens with one attached hydrogen (secondary N) is 2. The van der Waals surface area contributed by atoms with Gasteiger partial charge in [0.2, 0.25) is 0 Å². The van der Waals surface area contributed by atoms with Gasteiger partial charge in [0.25, 0.3) is 5.91 Å². The summed E-state index contributed by atoms with van der Waals surface area (Å²) in [5.41, 5.74) is 2.49. The van der Waals surface area contributed by atoms with Crippen molar-refractivity contribution >= 4 is 17.5 Å². The summed E-state index contributed by atoms with van der Waals surface area (Å²) in [5, 5.41) is 7.16. The lowest BCUT2D eigenvalue weighted by Gasteiger charge is -2.30. The van der Waals surface area contributed by atoms with Gasteiger partial charge in [0, 0.05) is 29.0 Å². The Morgan fingerprint density at radius 3 is 2.78 bits per heavy atom. The number of hydrogen-bond donors (Lipinski definition) is 2. The van der Waals surface area contributed by atoms with Crippen molar-refractivity contribution < 1.29 is 4.79 Å². The van der Waals surface area contributed by atoms with E-state index in [4.69, 9.17) is 11.6 Å². The van der Waals surface area contributed by atoms with Gasteiger partial charge in [0.05, 0.1) is 5.56 Å². The molecule has 1 aliphatic heterocycles. The number of nitrogens with zero attached hydrogens (tertiary/aromatic N) is 1. The predicted molar refractivity (Wildman–Crippen MR) is 92.6 cm³/mol. The number of carbonyl (C=O) groups excluding carboxylic acids is 1. The number of piperidine rings is 1. The molecule has 5 heteroatoms. The van der Waals surface area contributed by atoms with Crippen LogP contribution in [0, 0.1) is 5.92 Å². The van der Waals surface area contributed by atoms with Crippen LogP contribution in [-0.2, 0) is 0 Å². The first-order chi connectivity index (χ1) is 11.1. The van der Waals surface area contributed by atoms with Gasteiger partial charge in [0.15, 0.2) is 0 Å². The standard InChI is InChI=1S/C18H20ClN3O/c1-12-9-20-7-6-17(12)22-18(23)15-8-14(10-21-11-15)13-2-4-16(19)5-3-13/h2-5,8,10-12,17,20H,6-7,9H2,1H3,(H,22,23). The zero-order chi connectivity index (χ0) is 16.2. The van der Waals surface area contributed by atoms with Gasteiger partial charge in [0.1, 0.15) is 0 Å². The average Bonchev–Trinajstić information content (AvgIpc) is 2.58. The minimum atomic E-state index is -0.0629. The molecular weight excluding hydrogens is 310 g/mol. The molecule has 1 aromatic carbocycles. The smallest absolute Gasteiger partial charge is 0.253 e. The molecule has 1 aromatic heterocycles. The Labute approximate surface area is 141 Å². The van der Waals surface area contributed by atoms with Crippen LogP contribution < -0.4 is 10.6 Å². The topological polar surface area (TPSA) is 54.0 Å². The summed E-state index contributed by atoms with van der Waals surface area (Å²) in [6, 6.07) is 9.60. The van der Waals surface area contributed by atoms with Gasteiger partial charge in [-0.05, 0) is 49.2 Å². The highest BCUT2D eigenvalue weighted by Gasteiger charge is 2.23. The quantitative estimate of drug-likeness (QED) is 0.909. The Kier molecular flexibility index (Phi) is 4.94. The zero-order valence-corrected chi connectivity index (χ0v) is 13.8. The Bertz CT molecular complexity index is 687. The molecule has 0 radical (unpaired) electrons. The number of carbonyl (C=O) groups is 1. The third-order valence-corrected chi connectivity index (χ3v) is 4.53. The van der Waals surface area contributed by atoms with Gasteiger partial charge >= 0.3 is 0 Å². The number of halogens is 1. The van der Waals surface area contributed by atoms with Gasteiger partial charge in [-0.2, -0.15) is 0 Å². The van der Waals surface area contributed by atoms with Crippen molar-refractivity contribution in [1.82, 2.24) is 15.6 Å². The average molecular weight is 330 g/mol. The molecule has 0 spiro atoms. The minimum Gasteiger partial charge on any atom is -0.349 e. The maximum absolute atomic E-state index is 12.5. The third kappa shape index (κ3) is 3.89. The molecule has 120 valence electrons. The molecule has 0 saturated carbocycles. The molecule has 2 N–H and O–H groups in total. The summed E-state index contributed by atoms with van der Waals surface area (Å²) in [7, 11) is 0. The van der Waals surface area contributed by atoms with Gasteiger partial charge in [-0.1, -0.05) is 30.7 Å². The third-order valence-electron chi connectivity index (χ3n) is 4.28. The number of pyridine rings is 1. The number of rotatable bonds is 3. The summed E-state index contributed by atoms with van der Waals surface area (Å²) in [5.74, 6) is 0.368. The molecule has 1 fully saturated rings. The second kappa shape index (κ2) is 7.11. The Balaban J connectivity index is 1.76. The Hall–Kier alpha value is -1.91. The fourth-order valence-electron chi connectivity index (χ4n) is 2.84. The number of aromatic nitrogens is 1. The van der Waals surface area contributed by atoms with Gasteiger partial charge in [-0.15, -0.1) is 0 Å². The van der Waals surface area contributed by atoms with Gasteiger partial charge < -0.3 is 10.6 Å². The molecule has 4 nitrogen and oxygen atoms in total. The van der Waals surface area contributed by atoms with E-state index in [1.807, 2.05) is 30.3 Å². The lowest BCUT2D eigenvalue weighted by molar-refractivity contribution is 0.0914. The summed E-state index contributed by atoms with van der Waals surface area (Å²) in [6.45, 7) is 4.03. The molecule has 0 aliphatic carbocycles. The monoisotopic (exact) mass is 329 g/mol. The van der Waals surface area contributed by atoms with Crippen molar-refractivity contribution in [3.05, 3.63) is 53.3 Å². The van der Waals surface area contributed by atoms with Crippen molar-refractivity contribution in [2.75, 3.05) is 13.1 Å². The Morgan fingerprint density at radius 2 is 2.04 bits per heavy atom. The number of benzene rings is 1. The number of amides is 1. The first kappa shape index (κ1) is 16.0. The van der Waals surface area contributed by atoms with E-state index in [9.17, 15) is 4.79 Å². The van der Waals surface area contributed by atoms with E-state index >= 15 is 0 Å². The second-order valence-corrected chi connectivity index (χ2v) is 6.46. The van der Waals surface area contributed by atoms with E-state index in [0.717, 1.165) is 30.6 Å². The van der Waals surface area contributed by atoms with Crippen molar-refractivity contribution in [3.8, 4) is 11.1 Å². The van der Waals surface area contributed by atoms with Crippen LogP contribution in [0.5, 0.6) is 0 Å². The first-order valence-electron chi connectivity index (χ1n) is 7.86. The summed E-state index contributed by atoms with van der Waals surface area (Å²) < 4.78 is 0. The lowest BCUT2D eigenvalue weighted by atomic mass is 9.95. The Morgan fingerprint density at radius 1 is 1.26 bits per heavy atom. The maximum Gasteiger partial charge on any atom is 0.253 e. The molecule has 1 amide bonds. The largest absolute Gasteiger partial charge is 0.349 e. The van der Waals surface area contributed by atoms with E-state index in [2.05, 4.69) is 22.5 Å². The minimum absolute atomic E-state index is 0.0629. The molecule has 2 atom stereocenters. The van der Waals surface area contributed by atoms with Crippen molar-refractivity contribution in [1.29, 1.82) is 0 Å². The summed E-state index contributed by atoms with van der Waals surface area (Å²) in [6.07, 6.45) is 4.32. The van der Waals surface area contributed by atoms with Crippen LogP contribution >= 0.6 is 11.6 Å². The summed E-state index contributed by atoms with van der Waals surface area (Å²) in [4.78, 5) is 16.7. The molecule has 2 unspecified atom stereocenters. The van der Waals surface area contributed by atoms with E-state index in [1.54, 1.807) is 12.4 Å². The normalized spacial score (nSPS) is 21.0. The second-order valence-electron chi connectivity index (χ2n) is 6.02. The van der Waals surface area contributed by atoms with E-state index in [-0.39, 0.29) is 11.9 Å². The predicted octanol–water partition coefficient (Wildman–Crippen LogP) is 3.13. The zero-order valence-electron chi connectivity index (χ0n) is 13.1. The highest BCUT2D eigenvalue weighted by molar-refractivity contribution is 6.30. The van der Waals surface area contributed by atoms with Crippen molar-refractivity contribution in [3.63, 3.8) is 0 Å². The SMILES string of the molecule is CC1CNCCC1NC(=O)c1cncc(-c2ccc(Cl)cc2)c1. The molecule has 2 aromatic rings. The van der Waals surface area contributed by atoms with Crippen molar-refractivity contribution in [2.45, 2.75) is 19.4 Å². The molecule has 0 bridgehead atoms. The van der Waals surface area contributed by atoms with E-state index in [1.165, 1.54) is 0 Å². The van der Waals surface area contributed by atoms with Crippen LogP contribution in [0.3, 0.4) is 0 Å². The van der Waals surface area contributed by atoms with Crippen LogP contribution in [-0.4, -0.2) is 30.0 Å². The highest BCUT2D eigenvalue weighted by atomic mass is 35.5. The van der Waals surface area contributed by atoms with E-state index in [0.29, 0.717) is 16.5 Å². The van der Waals surface area contributed by atoms with Gasteiger partial charge in [-0.25, -0.2) is 0 Å². The molecular formula is C18H20ClN3O. The van der Waals surface area contributed by atoms with Crippen LogP contribution in [0.25, 0.3) is 11.1 Å². The van der Waals surface area contributed by atoms with Crippen molar-refractivity contribution in [2.24, 2.45) is 5.92 Å². The molecule has 2 heterocycles.